The van der Waals surface area contributed by atoms with E-state index in [2.05, 4.69) is 42.0 Å². The lowest BCUT2D eigenvalue weighted by atomic mass is 9.86. The van der Waals surface area contributed by atoms with Gasteiger partial charge in [-0.25, -0.2) is 4.79 Å². The summed E-state index contributed by atoms with van der Waals surface area (Å²) in [5.41, 5.74) is 2.51. The maximum absolute atomic E-state index is 12.3. The monoisotopic (exact) mass is 403 g/mol. The summed E-state index contributed by atoms with van der Waals surface area (Å²) in [5.74, 6) is -1.46. The molecule has 4 nitrogen and oxygen atoms in total. The largest absolute Gasteiger partial charge is 0.480 e. The summed E-state index contributed by atoms with van der Waals surface area (Å²) in [5, 5.41) is 12.0. The van der Waals surface area contributed by atoms with Gasteiger partial charge in [-0.2, -0.15) is 0 Å². The Labute approximate surface area is 156 Å². The topological polar surface area (TPSA) is 66.4 Å². The van der Waals surface area contributed by atoms with Crippen LogP contribution in [0.3, 0.4) is 0 Å². The average Bonchev–Trinajstić information content (AvgIpc) is 2.53. The number of carbonyl (C=O) groups is 2. The first-order valence-corrected chi connectivity index (χ1v) is 8.85. The number of rotatable bonds is 5. The number of nitrogens with one attached hydrogen (secondary N) is 1. The molecule has 0 aliphatic rings. The molecule has 2 N–H and O–H groups in total. The van der Waals surface area contributed by atoms with Gasteiger partial charge in [0.2, 0.25) is 0 Å². The van der Waals surface area contributed by atoms with E-state index in [4.69, 9.17) is 0 Å². The first-order chi connectivity index (χ1) is 11.7. The molecule has 1 amide bonds. The Kier molecular flexibility index (Phi) is 6.01. The lowest BCUT2D eigenvalue weighted by Gasteiger charge is -2.20. The first kappa shape index (κ1) is 19.2. The summed E-state index contributed by atoms with van der Waals surface area (Å²) < 4.78 is 0.768. The van der Waals surface area contributed by atoms with Crippen molar-refractivity contribution in [3.63, 3.8) is 0 Å². The van der Waals surface area contributed by atoms with Gasteiger partial charge in [-0.15, -0.1) is 0 Å². The molecule has 2 aromatic carbocycles. The molecule has 2 rings (SSSR count). The smallest absolute Gasteiger partial charge is 0.326 e. The van der Waals surface area contributed by atoms with Crippen molar-refractivity contribution in [3.05, 3.63) is 69.7 Å². The van der Waals surface area contributed by atoms with E-state index in [1.165, 1.54) is 5.56 Å². The molecule has 5 heteroatoms. The van der Waals surface area contributed by atoms with Gasteiger partial charge >= 0.3 is 5.97 Å². The van der Waals surface area contributed by atoms with E-state index >= 15 is 0 Å². The highest BCUT2D eigenvalue weighted by Crippen LogP contribution is 2.22. The molecule has 0 saturated heterocycles. The van der Waals surface area contributed by atoms with Crippen LogP contribution in [0.5, 0.6) is 0 Å². The molecule has 1 atom stereocenters. The molecule has 0 bridgehead atoms. The highest BCUT2D eigenvalue weighted by molar-refractivity contribution is 9.10. The number of aliphatic carboxylic acids is 1. The summed E-state index contributed by atoms with van der Waals surface area (Å²) in [7, 11) is 0. The predicted molar refractivity (Wildman–Crippen MR) is 102 cm³/mol. The van der Waals surface area contributed by atoms with Crippen LogP contribution in [0.4, 0.5) is 0 Å². The Bertz CT molecular complexity index is 763. The maximum atomic E-state index is 12.3. The zero-order valence-corrected chi connectivity index (χ0v) is 16.1. The SMILES string of the molecule is CC(C)(C)c1ccc(C[C@H](NC(=O)c2cccc(Br)c2)C(=O)O)cc1. The second-order valence-electron chi connectivity index (χ2n) is 7.03. The summed E-state index contributed by atoms with van der Waals surface area (Å²) in [6.45, 7) is 6.38. The molecule has 2 aromatic rings. The van der Waals surface area contributed by atoms with Gasteiger partial charge in [0.15, 0.2) is 0 Å². The Balaban J connectivity index is 2.11. The van der Waals surface area contributed by atoms with E-state index in [9.17, 15) is 14.7 Å². The number of hydrogen-bond donors (Lipinski definition) is 2. The lowest BCUT2D eigenvalue weighted by molar-refractivity contribution is -0.139. The van der Waals surface area contributed by atoms with E-state index in [1.54, 1.807) is 18.2 Å². The molecule has 0 saturated carbocycles. The van der Waals surface area contributed by atoms with Gasteiger partial charge in [-0.3, -0.25) is 4.79 Å². The van der Waals surface area contributed by atoms with Crippen molar-refractivity contribution >= 4 is 27.8 Å². The highest BCUT2D eigenvalue weighted by atomic mass is 79.9. The molecule has 0 fully saturated rings. The molecule has 0 radical (unpaired) electrons. The van der Waals surface area contributed by atoms with Gasteiger partial charge in [0.25, 0.3) is 5.91 Å². The van der Waals surface area contributed by atoms with Gasteiger partial charge in [-0.1, -0.05) is 67.0 Å². The lowest BCUT2D eigenvalue weighted by Crippen LogP contribution is -2.42. The van der Waals surface area contributed by atoms with Crippen LogP contribution < -0.4 is 5.32 Å². The molecule has 0 aliphatic heterocycles. The number of carboxylic acid groups (broad SMARTS) is 1. The van der Waals surface area contributed by atoms with Crippen LogP contribution in [-0.2, 0) is 16.6 Å². The minimum Gasteiger partial charge on any atom is -0.480 e. The fourth-order valence-electron chi connectivity index (χ4n) is 2.45. The van der Waals surface area contributed by atoms with Gasteiger partial charge in [0, 0.05) is 16.5 Å². The molecule has 0 aromatic heterocycles. The van der Waals surface area contributed by atoms with Crippen LogP contribution >= 0.6 is 15.9 Å². The first-order valence-electron chi connectivity index (χ1n) is 8.05. The molecule has 132 valence electrons. The standard InChI is InChI=1S/C20H22BrNO3/c1-20(2,3)15-9-7-13(8-10-15)11-17(19(24)25)22-18(23)14-5-4-6-16(21)12-14/h4-10,12,17H,11H2,1-3H3,(H,22,23)(H,24,25)/t17-/m0/s1. The molecule has 25 heavy (non-hydrogen) atoms. The Hall–Kier alpha value is -2.14. The Morgan fingerprint density at radius 3 is 2.28 bits per heavy atom. The third-order valence-electron chi connectivity index (χ3n) is 3.95. The normalized spacial score (nSPS) is 12.5. The van der Waals surface area contributed by atoms with Crippen LogP contribution in [-0.4, -0.2) is 23.0 Å². The molecular weight excluding hydrogens is 382 g/mol. The van der Waals surface area contributed by atoms with E-state index < -0.39 is 17.9 Å². The summed E-state index contributed by atoms with van der Waals surface area (Å²) in [4.78, 5) is 23.8. The van der Waals surface area contributed by atoms with Gasteiger partial charge in [-0.05, 0) is 34.7 Å². The van der Waals surface area contributed by atoms with Crippen molar-refractivity contribution < 1.29 is 14.7 Å². The third-order valence-corrected chi connectivity index (χ3v) is 4.44. The van der Waals surface area contributed by atoms with Crippen LogP contribution in [0.25, 0.3) is 0 Å². The number of carbonyl (C=O) groups excluding carboxylic acids is 1. The van der Waals surface area contributed by atoms with Crippen LogP contribution in [0, 0.1) is 0 Å². The minimum absolute atomic E-state index is 0.0413. The van der Waals surface area contributed by atoms with Crippen LogP contribution in [0.15, 0.2) is 53.0 Å². The van der Waals surface area contributed by atoms with Crippen molar-refractivity contribution in [2.24, 2.45) is 0 Å². The van der Waals surface area contributed by atoms with Crippen molar-refractivity contribution in [1.82, 2.24) is 5.32 Å². The Morgan fingerprint density at radius 1 is 1.12 bits per heavy atom. The highest BCUT2D eigenvalue weighted by Gasteiger charge is 2.22. The van der Waals surface area contributed by atoms with E-state index in [-0.39, 0.29) is 11.8 Å². The zero-order chi connectivity index (χ0) is 18.6. The minimum atomic E-state index is -1.05. The number of benzene rings is 2. The summed E-state index contributed by atoms with van der Waals surface area (Å²) in [6, 6.07) is 13.7. The van der Waals surface area contributed by atoms with E-state index in [0.717, 1.165) is 10.0 Å². The molecular formula is C20H22BrNO3. The van der Waals surface area contributed by atoms with Gasteiger partial charge < -0.3 is 10.4 Å². The van der Waals surface area contributed by atoms with Crippen molar-refractivity contribution in [2.45, 2.75) is 38.6 Å². The van der Waals surface area contributed by atoms with Crippen molar-refractivity contribution in [3.8, 4) is 0 Å². The number of carboxylic acids is 1. The zero-order valence-electron chi connectivity index (χ0n) is 14.5. The van der Waals surface area contributed by atoms with Crippen molar-refractivity contribution in [1.29, 1.82) is 0 Å². The van der Waals surface area contributed by atoms with Gasteiger partial charge in [0.1, 0.15) is 6.04 Å². The Morgan fingerprint density at radius 2 is 1.76 bits per heavy atom. The molecule has 0 heterocycles. The second-order valence-corrected chi connectivity index (χ2v) is 7.94. The average molecular weight is 404 g/mol. The fraction of sp³-hybridized carbons (Fsp3) is 0.300. The van der Waals surface area contributed by atoms with Crippen LogP contribution in [0.2, 0.25) is 0 Å². The van der Waals surface area contributed by atoms with Crippen LogP contribution in [0.1, 0.15) is 42.3 Å². The maximum Gasteiger partial charge on any atom is 0.326 e. The van der Waals surface area contributed by atoms with Gasteiger partial charge in [0.05, 0.1) is 0 Å². The quantitative estimate of drug-likeness (QED) is 0.786. The molecule has 0 spiro atoms. The predicted octanol–water partition coefficient (Wildman–Crippen LogP) is 4.17. The molecule has 0 aliphatic carbocycles. The fourth-order valence-corrected chi connectivity index (χ4v) is 2.85. The number of halogens is 1. The summed E-state index contributed by atoms with van der Waals surface area (Å²) in [6.07, 6.45) is 0.236. The second kappa shape index (κ2) is 7.83. The molecule has 0 unspecified atom stereocenters. The van der Waals surface area contributed by atoms with E-state index in [1.807, 2.05) is 30.3 Å². The van der Waals surface area contributed by atoms with E-state index in [0.29, 0.717) is 5.56 Å². The summed E-state index contributed by atoms with van der Waals surface area (Å²) >= 11 is 3.31. The van der Waals surface area contributed by atoms with Crippen molar-refractivity contribution in [2.75, 3.05) is 0 Å². The number of amides is 1. The number of hydrogen-bond acceptors (Lipinski definition) is 2. The third kappa shape index (κ3) is 5.43.